The van der Waals surface area contributed by atoms with E-state index in [0.717, 1.165) is 0 Å². The lowest BCUT2D eigenvalue weighted by atomic mass is 9.99. The van der Waals surface area contributed by atoms with Crippen molar-refractivity contribution in [1.29, 1.82) is 10.5 Å². The maximum absolute atomic E-state index is 10.7. The van der Waals surface area contributed by atoms with E-state index < -0.39 is 17.9 Å². The van der Waals surface area contributed by atoms with Gasteiger partial charge in [0.1, 0.15) is 0 Å². The maximum atomic E-state index is 10.7. The Hall–Kier alpha value is -2.60. The Labute approximate surface area is 97.7 Å². The molecule has 0 spiro atoms. The summed E-state index contributed by atoms with van der Waals surface area (Å²) in [5.41, 5.74) is 0.0488. The summed E-state index contributed by atoms with van der Waals surface area (Å²) in [5, 5.41) is 34.5. The fourth-order valence-corrected chi connectivity index (χ4v) is 1.01. The Morgan fingerprint density at radius 3 is 2.06 bits per heavy atom. The van der Waals surface area contributed by atoms with Gasteiger partial charge in [0, 0.05) is 5.57 Å². The number of hydrogen-bond acceptors (Lipinski definition) is 4. The summed E-state index contributed by atoms with van der Waals surface area (Å²) in [6.07, 6.45) is 2.80. The zero-order valence-corrected chi connectivity index (χ0v) is 9.04. The minimum absolute atomic E-state index is 0.138. The third kappa shape index (κ3) is 4.63. The lowest BCUT2D eigenvalue weighted by molar-refractivity contribution is -0.152. The quantitative estimate of drug-likeness (QED) is 0.542. The third-order valence-corrected chi connectivity index (χ3v) is 1.87. The number of carboxylic acid groups (broad SMARTS) is 2. The van der Waals surface area contributed by atoms with Crippen LogP contribution in [-0.2, 0) is 9.59 Å². The van der Waals surface area contributed by atoms with Crippen LogP contribution in [-0.4, -0.2) is 22.2 Å². The molecule has 0 saturated carbocycles. The first-order valence-corrected chi connectivity index (χ1v) is 4.56. The summed E-state index contributed by atoms with van der Waals surface area (Å²) in [7, 11) is 0. The fraction of sp³-hybridized carbons (Fsp3) is 0.273. The van der Waals surface area contributed by atoms with Crippen molar-refractivity contribution >= 4 is 11.9 Å². The highest BCUT2D eigenvalue weighted by Gasteiger charge is 2.29. The Morgan fingerprint density at radius 1 is 1.18 bits per heavy atom. The lowest BCUT2D eigenvalue weighted by Crippen LogP contribution is -2.24. The molecule has 0 unspecified atom stereocenters. The predicted molar refractivity (Wildman–Crippen MR) is 56.4 cm³/mol. The van der Waals surface area contributed by atoms with Gasteiger partial charge in [-0.2, -0.15) is 10.5 Å². The van der Waals surface area contributed by atoms with Crippen LogP contribution in [0, 0.1) is 28.6 Å². The Balaban J connectivity index is 5.02. The molecule has 0 aromatic carbocycles. The molecule has 6 heteroatoms. The van der Waals surface area contributed by atoms with E-state index in [-0.39, 0.29) is 12.0 Å². The minimum Gasteiger partial charge on any atom is -0.480 e. The molecule has 0 saturated heterocycles. The van der Waals surface area contributed by atoms with Gasteiger partial charge < -0.3 is 10.2 Å². The number of allylic oxidation sites excluding steroid dienone is 3. The van der Waals surface area contributed by atoms with E-state index in [2.05, 4.69) is 0 Å². The number of carboxylic acids is 2. The van der Waals surface area contributed by atoms with Crippen LogP contribution in [0.1, 0.15) is 13.3 Å². The van der Waals surface area contributed by atoms with Gasteiger partial charge in [0.2, 0.25) is 0 Å². The number of carbonyl (C=O) groups is 2. The first-order chi connectivity index (χ1) is 7.93. The number of aliphatic carboxylic acids is 2. The standard InChI is InChI=1S/C11H10N2O4/c1-7(5-12)3-2-4-8(6-13)9(10(14)15)11(16)17/h3-4,9H,2H2,1H3,(H,14,15)(H,16,17). The van der Waals surface area contributed by atoms with Crippen molar-refractivity contribution in [3.8, 4) is 12.1 Å². The Morgan fingerprint density at radius 2 is 1.71 bits per heavy atom. The van der Waals surface area contributed by atoms with E-state index >= 15 is 0 Å². The molecule has 0 aromatic rings. The summed E-state index contributed by atoms with van der Waals surface area (Å²) in [6, 6.07) is 3.39. The number of hydrogen-bond donors (Lipinski definition) is 2. The van der Waals surface area contributed by atoms with Crippen molar-refractivity contribution < 1.29 is 19.8 Å². The van der Waals surface area contributed by atoms with E-state index in [9.17, 15) is 9.59 Å². The van der Waals surface area contributed by atoms with Gasteiger partial charge in [-0.15, -0.1) is 0 Å². The second-order valence-corrected chi connectivity index (χ2v) is 3.12. The normalized spacial score (nSPS) is 11.8. The highest BCUT2D eigenvalue weighted by molar-refractivity contribution is 5.97. The molecule has 88 valence electrons. The molecule has 0 aliphatic heterocycles. The average Bonchev–Trinajstić information content (AvgIpc) is 2.26. The molecule has 0 atom stereocenters. The molecule has 0 radical (unpaired) electrons. The van der Waals surface area contributed by atoms with E-state index in [1.54, 1.807) is 13.0 Å². The first-order valence-electron chi connectivity index (χ1n) is 4.56. The van der Waals surface area contributed by atoms with Gasteiger partial charge in [0.05, 0.1) is 17.7 Å². The zero-order chi connectivity index (χ0) is 13.4. The van der Waals surface area contributed by atoms with Crippen LogP contribution < -0.4 is 0 Å². The molecular weight excluding hydrogens is 224 g/mol. The molecule has 0 aliphatic rings. The summed E-state index contributed by atoms with van der Waals surface area (Å²) in [4.78, 5) is 21.3. The number of nitriles is 2. The van der Waals surface area contributed by atoms with E-state index in [4.69, 9.17) is 20.7 Å². The van der Waals surface area contributed by atoms with Gasteiger partial charge in [-0.3, -0.25) is 9.59 Å². The topological polar surface area (TPSA) is 122 Å². The molecule has 0 fully saturated rings. The molecule has 0 bridgehead atoms. The highest BCUT2D eigenvalue weighted by Crippen LogP contribution is 2.12. The smallest absolute Gasteiger partial charge is 0.323 e. The molecule has 0 amide bonds. The molecule has 2 N–H and O–H groups in total. The van der Waals surface area contributed by atoms with Crippen LogP contribution in [0.2, 0.25) is 0 Å². The predicted octanol–water partition coefficient (Wildman–Crippen LogP) is 1.08. The van der Waals surface area contributed by atoms with Gasteiger partial charge in [-0.05, 0) is 13.3 Å². The second-order valence-electron chi connectivity index (χ2n) is 3.12. The lowest BCUT2D eigenvalue weighted by Gasteiger charge is -2.04. The minimum atomic E-state index is -1.87. The van der Waals surface area contributed by atoms with Crippen LogP contribution >= 0.6 is 0 Å². The van der Waals surface area contributed by atoms with Crippen LogP contribution in [0.15, 0.2) is 23.3 Å². The highest BCUT2D eigenvalue weighted by atomic mass is 16.4. The second kappa shape index (κ2) is 6.81. The van der Waals surface area contributed by atoms with Gasteiger partial charge in [-0.25, -0.2) is 0 Å². The third-order valence-electron chi connectivity index (χ3n) is 1.87. The molecule has 0 rings (SSSR count). The van der Waals surface area contributed by atoms with E-state index in [1.165, 1.54) is 12.2 Å². The van der Waals surface area contributed by atoms with Crippen molar-refractivity contribution in [2.24, 2.45) is 5.92 Å². The SMILES string of the molecule is CC(C#N)=CCC=C(C#N)C(C(=O)O)C(=O)O. The summed E-state index contributed by atoms with van der Waals surface area (Å²) in [5.74, 6) is -5.05. The number of nitrogens with zero attached hydrogens (tertiary/aromatic N) is 2. The first kappa shape index (κ1) is 14.4. The molecule has 17 heavy (non-hydrogen) atoms. The van der Waals surface area contributed by atoms with Crippen LogP contribution in [0.4, 0.5) is 0 Å². The largest absolute Gasteiger partial charge is 0.480 e. The Kier molecular flexibility index (Phi) is 5.76. The van der Waals surface area contributed by atoms with Crippen molar-refractivity contribution in [3.63, 3.8) is 0 Å². The van der Waals surface area contributed by atoms with Crippen LogP contribution in [0.5, 0.6) is 0 Å². The van der Waals surface area contributed by atoms with Crippen molar-refractivity contribution in [2.75, 3.05) is 0 Å². The molecule has 0 aliphatic carbocycles. The van der Waals surface area contributed by atoms with Crippen molar-refractivity contribution in [2.45, 2.75) is 13.3 Å². The monoisotopic (exact) mass is 234 g/mol. The zero-order valence-electron chi connectivity index (χ0n) is 9.04. The van der Waals surface area contributed by atoms with E-state index in [1.807, 2.05) is 6.07 Å². The molecule has 6 nitrogen and oxygen atoms in total. The van der Waals surface area contributed by atoms with Crippen LogP contribution in [0.25, 0.3) is 0 Å². The summed E-state index contributed by atoms with van der Waals surface area (Å²) < 4.78 is 0. The van der Waals surface area contributed by atoms with Gasteiger partial charge in [0.15, 0.2) is 5.92 Å². The molecule has 0 heterocycles. The summed E-state index contributed by atoms with van der Waals surface area (Å²) in [6.45, 7) is 1.55. The fourth-order valence-electron chi connectivity index (χ4n) is 1.01. The van der Waals surface area contributed by atoms with Crippen molar-refractivity contribution in [1.82, 2.24) is 0 Å². The van der Waals surface area contributed by atoms with Crippen LogP contribution in [0.3, 0.4) is 0 Å². The molecule has 0 aromatic heterocycles. The van der Waals surface area contributed by atoms with Crippen molar-refractivity contribution in [3.05, 3.63) is 23.3 Å². The van der Waals surface area contributed by atoms with E-state index in [0.29, 0.717) is 5.57 Å². The maximum Gasteiger partial charge on any atom is 0.323 e. The van der Waals surface area contributed by atoms with Gasteiger partial charge in [0.25, 0.3) is 0 Å². The molecular formula is C11H10N2O4. The van der Waals surface area contributed by atoms with Gasteiger partial charge in [-0.1, -0.05) is 12.2 Å². The number of rotatable bonds is 5. The average molecular weight is 234 g/mol. The summed E-state index contributed by atoms with van der Waals surface area (Å²) >= 11 is 0. The van der Waals surface area contributed by atoms with Gasteiger partial charge >= 0.3 is 11.9 Å². The Bertz CT molecular complexity index is 449.